The quantitative estimate of drug-likeness (QED) is 0.0706. The minimum atomic E-state index is -1.02. The van der Waals surface area contributed by atoms with E-state index in [0.717, 1.165) is 87.3 Å². The lowest BCUT2D eigenvalue weighted by atomic mass is 9.78. The molecule has 0 bridgehead atoms. The third kappa shape index (κ3) is 11.0. The second kappa shape index (κ2) is 21.0. The van der Waals surface area contributed by atoms with Gasteiger partial charge >= 0.3 is 23.9 Å². The maximum atomic E-state index is 14.1. The third-order valence-electron chi connectivity index (χ3n) is 8.56. The van der Waals surface area contributed by atoms with Gasteiger partial charge in [0.2, 0.25) is 0 Å². The fourth-order valence-electron chi connectivity index (χ4n) is 6.21. The second-order valence-electron chi connectivity index (χ2n) is 12.2. The lowest BCUT2D eigenvalue weighted by molar-refractivity contribution is -0.137. The molecule has 4 N–H and O–H groups in total. The van der Waals surface area contributed by atoms with Gasteiger partial charge in [0.1, 0.15) is 0 Å². The molecule has 0 unspecified atom stereocenters. The molecule has 0 radical (unpaired) electrons. The van der Waals surface area contributed by atoms with Crippen LogP contribution in [0.3, 0.4) is 0 Å². The van der Waals surface area contributed by atoms with Crippen molar-refractivity contribution in [3.8, 4) is 22.3 Å². The van der Waals surface area contributed by atoms with Gasteiger partial charge in [-0.2, -0.15) is 0 Å². The van der Waals surface area contributed by atoms with Gasteiger partial charge in [0.05, 0.1) is 24.2 Å². The number of ether oxygens (including phenoxy) is 2. The SMILES string of the molecule is CCCCCCCCc1c(CCCCCCCC)c(-c2ccccc2)c(-c2ccccc2)c(C(=O)OC(=O)CN)c1C(=O)OC(=O)CN. The largest absolute Gasteiger partial charge is 0.388 e. The Bertz CT molecular complexity index is 1490. The fraction of sp³-hybridized carbons (Fsp3) is 0.450. The lowest BCUT2D eigenvalue weighted by Crippen LogP contribution is -2.27. The van der Waals surface area contributed by atoms with Crippen LogP contribution < -0.4 is 11.5 Å². The van der Waals surface area contributed by atoms with Crippen LogP contribution in [0, 0.1) is 0 Å². The molecule has 0 aromatic heterocycles. The van der Waals surface area contributed by atoms with Gasteiger partial charge in [-0.3, -0.25) is 9.59 Å². The maximum Gasteiger partial charge on any atom is 0.347 e. The third-order valence-corrected chi connectivity index (χ3v) is 8.56. The molecule has 0 saturated heterocycles. The van der Waals surface area contributed by atoms with E-state index in [-0.39, 0.29) is 11.1 Å². The number of hydrogen-bond acceptors (Lipinski definition) is 8. The summed E-state index contributed by atoms with van der Waals surface area (Å²) in [6.07, 6.45) is 13.7. The molecule has 0 aliphatic heterocycles. The molecular formula is C40H52N2O6. The standard InChI is InChI=1S/C40H52N2O6/c1-3-5-7-9-11-19-25-31-32(26-20-12-10-8-6-4-2)37(39(45)47-33(43)27-41)38(40(46)48-34(44)28-42)36(30-23-17-14-18-24-30)35(31)29-21-15-13-16-22-29/h13-18,21-24H,3-12,19-20,25-28,41-42H2,1-2H3. The number of rotatable bonds is 20. The Morgan fingerprint density at radius 3 is 1.35 bits per heavy atom. The Balaban J connectivity index is 2.43. The van der Waals surface area contributed by atoms with Gasteiger partial charge in [-0.1, -0.05) is 139 Å². The topological polar surface area (TPSA) is 139 Å². The minimum Gasteiger partial charge on any atom is -0.388 e. The van der Waals surface area contributed by atoms with Crippen molar-refractivity contribution in [1.82, 2.24) is 0 Å². The molecule has 48 heavy (non-hydrogen) atoms. The summed E-state index contributed by atoms with van der Waals surface area (Å²) in [5.74, 6) is -3.87. The van der Waals surface area contributed by atoms with E-state index in [4.69, 9.17) is 20.9 Å². The molecule has 0 heterocycles. The van der Waals surface area contributed by atoms with Crippen LogP contribution >= 0.6 is 0 Å². The molecule has 0 aliphatic rings. The van der Waals surface area contributed by atoms with Crippen LogP contribution in [0.2, 0.25) is 0 Å². The monoisotopic (exact) mass is 656 g/mol. The number of unbranched alkanes of at least 4 members (excludes halogenated alkanes) is 10. The van der Waals surface area contributed by atoms with Crippen LogP contribution in [0.25, 0.3) is 22.3 Å². The molecule has 258 valence electrons. The summed E-state index contributed by atoms with van der Waals surface area (Å²) in [4.78, 5) is 53.1. The smallest absolute Gasteiger partial charge is 0.347 e. The highest BCUT2D eigenvalue weighted by molar-refractivity contribution is 6.15. The highest BCUT2D eigenvalue weighted by Gasteiger charge is 2.34. The minimum absolute atomic E-state index is 0.0558. The van der Waals surface area contributed by atoms with E-state index >= 15 is 0 Å². The average Bonchev–Trinajstić information content (AvgIpc) is 3.11. The number of benzene rings is 3. The predicted molar refractivity (Wildman–Crippen MR) is 190 cm³/mol. The van der Waals surface area contributed by atoms with E-state index in [1.54, 1.807) is 0 Å². The highest BCUT2D eigenvalue weighted by Crippen LogP contribution is 2.44. The Hall–Kier alpha value is -4.14. The number of carbonyl (C=O) groups excluding carboxylic acids is 4. The van der Waals surface area contributed by atoms with Crippen LogP contribution in [0.1, 0.15) is 123 Å². The molecule has 3 aromatic carbocycles. The zero-order valence-corrected chi connectivity index (χ0v) is 28.7. The molecular weight excluding hydrogens is 604 g/mol. The molecule has 3 aromatic rings. The molecule has 3 rings (SSSR count). The Kier molecular flexibility index (Phi) is 16.7. The Labute approximate surface area is 285 Å². The van der Waals surface area contributed by atoms with Crippen molar-refractivity contribution in [3.05, 3.63) is 82.9 Å². The van der Waals surface area contributed by atoms with Crippen LogP contribution in [0.4, 0.5) is 0 Å². The van der Waals surface area contributed by atoms with Crippen molar-refractivity contribution in [2.75, 3.05) is 13.1 Å². The first kappa shape index (κ1) is 38.3. The van der Waals surface area contributed by atoms with Crippen LogP contribution in [0.5, 0.6) is 0 Å². The van der Waals surface area contributed by atoms with Gasteiger partial charge in [0.25, 0.3) is 0 Å². The van der Waals surface area contributed by atoms with Gasteiger partial charge in [-0.25, -0.2) is 9.59 Å². The van der Waals surface area contributed by atoms with E-state index < -0.39 is 37.0 Å². The van der Waals surface area contributed by atoms with Crippen LogP contribution in [0.15, 0.2) is 60.7 Å². The van der Waals surface area contributed by atoms with Gasteiger partial charge in [0.15, 0.2) is 0 Å². The van der Waals surface area contributed by atoms with E-state index in [1.165, 1.54) is 6.42 Å². The van der Waals surface area contributed by atoms with Crippen molar-refractivity contribution < 1.29 is 28.7 Å². The van der Waals surface area contributed by atoms with Gasteiger partial charge < -0.3 is 20.9 Å². The van der Waals surface area contributed by atoms with E-state index in [9.17, 15) is 19.2 Å². The summed E-state index contributed by atoms with van der Waals surface area (Å²) in [6, 6.07) is 19.0. The molecule has 0 fully saturated rings. The molecule has 8 heteroatoms. The summed E-state index contributed by atoms with van der Waals surface area (Å²) in [6.45, 7) is 3.33. The molecule has 0 amide bonds. The van der Waals surface area contributed by atoms with Crippen molar-refractivity contribution in [2.45, 2.75) is 104 Å². The molecule has 8 nitrogen and oxygen atoms in total. The zero-order chi connectivity index (χ0) is 34.7. The summed E-state index contributed by atoms with van der Waals surface area (Å²) in [7, 11) is 0. The number of esters is 4. The number of hydrogen-bond donors (Lipinski definition) is 2. The summed E-state index contributed by atoms with van der Waals surface area (Å²) in [5, 5.41) is 0. The molecule has 0 spiro atoms. The highest BCUT2D eigenvalue weighted by atomic mass is 16.6. The van der Waals surface area contributed by atoms with E-state index in [0.29, 0.717) is 29.5 Å². The Morgan fingerprint density at radius 2 is 0.896 bits per heavy atom. The van der Waals surface area contributed by atoms with E-state index in [1.807, 2.05) is 60.7 Å². The van der Waals surface area contributed by atoms with Gasteiger partial charge in [-0.15, -0.1) is 0 Å². The zero-order valence-electron chi connectivity index (χ0n) is 28.7. The maximum absolute atomic E-state index is 14.1. The first-order valence-electron chi connectivity index (χ1n) is 17.6. The van der Waals surface area contributed by atoms with Gasteiger partial charge in [-0.05, 0) is 53.5 Å². The first-order valence-corrected chi connectivity index (χ1v) is 17.6. The summed E-state index contributed by atoms with van der Waals surface area (Å²) >= 11 is 0. The van der Waals surface area contributed by atoms with Crippen molar-refractivity contribution in [2.24, 2.45) is 11.5 Å². The summed E-state index contributed by atoms with van der Waals surface area (Å²) < 4.78 is 10.5. The fourth-order valence-corrected chi connectivity index (χ4v) is 6.21. The van der Waals surface area contributed by atoms with Crippen molar-refractivity contribution >= 4 is 23.9 Å². The van der Waals surface area contributed by atoms with Crippen LogP contribution in [-0.4, -0.2) is 37.0 Å². The normalized spacial score (nSPS) is 10.9. The van der Waals surface area contributed by atoms with Crippen molar-refractivity contribution in [3.63, 3.8) is 0 Å². The molecule has 0 saturated carbocycles. The number of nitrogens with two attached hydrogens (primary N) is 2. The average molecular weight is 657 g/mol. The summed E-state index contributed by atoms with van der Waals surface area (Å²) in [5.41, 5.74) is 15.2. The first-order chi connectivity index (χ1) is 23.4. The molecule has 0 aliphatic carbocycles. The van der Waals surface area contributed by atoms with E-state index in [2.05, 4.69) is 13.8 Å². The Morgan fingerprint density at radius 1 is 0.500 bits per heavy atom. The number of carbonyl (C=O) groups is 4. The van der Waals surface area contributed by atoms with Crippen LogP contribution in [-0.2, 0) is 31.9 Å². The lowest BCUT2D eigenvalue weighted by Gasteiger charge is -2.26. The predicted octanol–water partition coefficient (Wildman–Crippen LogP) is 8.11. The van der Waals surface area contributed by atoms with Crippen molar-refractivity contribution in [1.29, 1.82) is 0 Å². The van der Waals surface area contributed by atoms with Gasteiger partial charge in [0, 0.05) is 5.56 Å². The second-order valence-corrected chi connectivity index (χ2v) is 12.2. The molecule has 0 atom stereocenters.